The topological polar surface area (TPSA) is 136 Å². The van der Waals surface area contributed by atoms with E-state index in [1.807, 2.05) is 6.07 Å². The second-order valence-corrected chi connectivity index (χ2v) is 15.2. The molecule has 0 saturated carbocycles. The zero-order valence-electron chi connectivity index (χ0n) is 26.3. The number of aromatic nitrogens is 3. The van der Waals surface area contributed by atoms with Crippen LogP contribution >= 0.6 is 11.3 Å². The van der Waals surface area contributed by atoms with Crippen LogP contribution in [0.4, 0.5) is 19.0 Å². The predicted molar refractivity (Wildman–Crippen MR) is 176 cm³/mol. The van der Waals surface area contributed by atoms with Gasteiger partial charge in [0.15, 0.2) is 0 Å². The van der Waals surface area contributed by atoms with E-state index in [2.05, 4.69) is 61.7 Å². The van der Waals surface area contributed by atoms with Crippen LogP contribution in [0, 0.1) is 18.3 Å². The van der Waals surface area contributed by atoms with Gasteiger partial charge < -0.3 is 9.88 Å². The van der Waals surface area contributed by atoms with E-state index >= 15 is 0 Å². The molecule has 252 valence electrons. The first-order chi connectivity index (χ1) is 22.3. The van der Waals surface area contributed by atoms with Gasteiger partial charge in [0, 0.05) is 80.2 Å². The highest BCUT2D eigenvalue weighted by molar-refractivity contribution is 7.86. The zero-order chi connectivity index (χ0) is 33.5. The molecule has 3 aromatic heterocycles. The number of aryl methyl sites for hydroxylation is 1. The van der Waals surface area contributed by atoms with Gasteiger partial charge in [0.1, 0.15) is 28.7 Å². The number of rotatable bonds is 9. The normalized spacial score (nSPS) is 18.6. The summed E-state index contributed by atoms with van der Waals surface area (Å²) in [6, 6.07) is 10.3. The van der Waals surface area contributed by atoms with Gasteiger partial charge in [-0.05, 0) is 56.0 Å². The van der Waals surface area contributed by atoms with Crippen LogP contribution < -0.4 is 10.5 Å². The summed E-state index contributed by atoms with van der Waals surface area (Å²) < 4.78 is 65.6. The molecule has 2 saturated heterocycles. The number of nitrogens with zero attached hydrogens (tertiary/aromatic N) is 7. The summed E-state index contributed by atoms with van der Waals surface area (Å²) in [6.07, 6.45) is -2.11. The van der Waals surface area contributed by atoms with Crippen molar-refractivity contribution < 1.29 is 21.6 Å². The maximum Gasteiger partial charge on any atom is 0.393 e. The average Bonchev–Trinajstić information content (AvgIpc) is 3.59. The lowest BCUT2D eigenvalue weighted by atomic mass is 10.0. The number of fused-ring (bicyclic) bond motifs is 2. The van der Waals surface area contributed by atoms with Crippen LogP contribution in [-0.4, -0.2) is 94.6 Å². The van der Waals surface area contributed by atoms with Gasteiger partial charge in [0.25, 0.3) is 10.2 Å². The van der Waals surface area contributed by atoms with Crippen LogP contribution in [0.3, 0.4) is 0 Å². The van der Waals surface area contributed by atoms with E-state index in [0.717, 1.165) is 60.3 Å². The molecular weight excluding hydrogens is 652 g/mol. The zero-order valence-corrected chi connectivity index (χ0v) is 27.9. The number of thiophene rings is 1. The molecule has 47 heavy (non-hydrogen) atoms. The summed E-state index contributed by atoms with van der Waals surface area (Å²) in [5, 5.41) is 20.4. The first kappa shape index (κ1) is 33.6. The fourth-order valence-electron chi connectivity index (χ4n) is 6.74. The van der Waals surface area contributed by atoms with Crippen molar-refractivity contribution in [2.45, 2.75) is 64.5 Å². The molecule has 0 radical (unpaired) electrons. The summed E-state index contributed by atoms with van der Waals surface area (Å²) in [5.74, 6) is 0.581. The molecule has 16 heteroatoms. The smallest absolute Gasteiger partial charge is 0.367 e. The van der Waals surface area contributed by atoms with E-state index < -0.39 is 22.8 Å². The van der Waals surface area contributed by atoms with E-state index in [1.165, 1.54) is 16.2 Å². The molecule has 6 rings (SSSR count). The van der Waals surface area contributed by atoms with Gasteiger partial charge in [-0.2, -0.15) is 31.2 Å². The number of nitrogens with one attached hydrogen (secondary N) is 1. The number of halogens is 3. The molecule has 2 aliphatic heterocycles. The quantitative estimate of drug-likeness (QED) is 0.267. The van der Waals surface area contributed by atoms with Gasteiger partial charge in [0.05, 0.1) is 11.8 Å². The van der Waals surface area contributed by atoms with E-state index in [4.69, 9.17) is 5.14 Å². The van der Waals surface area contributed by atoms with Crippen LogP contribution in [-0.2, 0) is 29.7 Å². The molecule has 5 heterocycles. The molecule has 11 nitrogen and oxygen atoms in total. The number of hydrogen-bond donors (Lipinski definition) is 2. The maximum absolute atomic E-state index is 12.9. The van der Waals surface area contributed by atoms with Crippen molar-refractivity contribution >= 4 is 48.5 Å². The van der Waals surface area contributed by atoms with E-state index in [0.29, 0.717) is 54.5 Å². The third-order valence-electron chi connectivity index (χ3n) is 9.36. The molecule has 3 N–H and O–H groups in total. The molecule has 1 atom stereocenters. The van der Waals surface area contributed by atoms with Gasteiger partial charge in [0.2, 0.25) is 0 Å². The van der Waals surface area contributed by atoms with Crippen molar-refractivity contribution in [3.63, 3.8) is 0 Å². The van der Waals surface area contributed by atoms with Crippen LogP contribution in [0.5, 0.6) is 0 Å². The minimum absolute atomic E-state index is 0.0929. The van der Waals surface area contributed by atoms with Gasteiger partial charge in [-0.25, -0.2) is 15.1 Å². The molecule has 2 aliphatic rings. The summed E-state index contributed by atoms with van der Waals surface area (Å²) in [6.45, 7) is 9.14. The van der Waals surface area contributed by atoms with Crippen LogP contribution in [0.1, 0.15) is 41.5 Å². The van der Waals surface area contributed by atoms with Crippen molar-refractivity contribution in [2.75, 3.05) is 44.6 Å². The average molecular weight is 690 g/mol. The largest absolute Gasteiger partial charge is 0.393 e. The molecule has 4 aromatic rings. The number of benzene rings is 1. The monoisotopic (exact) mass is 689 g/mol. The minimum atomic E-state index is -4.27. The molecule has 2 fully saturated rings. The van der Waals surface area contributed by atoms with Crippen LogP contribution in [0.2, 0.25) is 0 Å². The lowest BCUT2D eigenvalue weighted by Crippen LogP contribution is -2.53. The minimum Gasteiger partial charge on any atom is -0.367 e. The Kier molecular flexibility index (Phi) is 9.49. The van der Waals surface area contributed by atoms with Crippen molar-refractivity contribution in [1.82, 2.24) is 28.6 Å². The van der Waals surface area contributed by atoms with E-state index in [1.54, 1.807) is 6.07 Å². The second-order valence-electron chi connectivity index (χ2n) is 12.5. The molecule has 0 aliphatic carbocycles. The number of likely N-dealkylation sites (tertiary alicyclic amines) is 1. The van der Waals surface area contributed by atoms with Gasteiger partial charge in [-0.1, -0.05) is 6.07 Å². The number of hydrogen-bond acceptors (Lipinski definition) is 9. The molecule has 0 spiro atoms. The van der Waals surface area contributed by atoms with E-state index in [9.17, 15) is 26.9 Å². The molecule has 1 aromatic carbocycles. The second kappa shape index (κ2) is 13.3. The Bertz CT molecular complexity index is 1900. The Morgan fingerprint density at radius 3 is 2.49 bits per heavy atom. The van der Waals surface area contributed by atoms with Gasteiger partial charge in [-0.3, -0.25) is 9.80 Å². The third kappa shape index (κ3) is 7.55. The lowest BCUT2D eigenvalue weighted by Gasteiger charge is -2.37. The number of nitrogens with two attached hydrogens (primary N) is 1. The first-order valence-electron chi connectivity index (χ1n) is 15.6. The highest BCUT2D eigenvalue weighted by Crippen LogP contribution is 2.33. The SMILES string of the molecule is Cc1c(CN2CCC(Nc3ncnc4sc(CC(F)(F)F)cc34)CC2)ccc2c1cc(C#N)n2CC(C)N1CCN(S(N)(=O)=O)CC1. The first-order valence-corrected chi connectivity index (χ1v) is 17.9. The highest BCUT2D eigenvalue weighted by Gasteiger charge is 2.30. The number of alkyl halides is 3. The Balaban J connectivity index is 1.08. The number of anilines is 1. The fraction of sp³-hybridized carbons (Fsp3) is 0.516. The number of piperidine rings is 1. The molecule has 0 bridgehead atoms. The summed E-state index contributed by atoms with van der Waals surface area (Å²) in [7, 11) is -3.69. The summed E-state index contributed by atoms with van der Waals surface area (Å²) in [4.78, 5) is 13.9. The van der Waals surface area contributed by atoms with Crippen LogP contribution in [0.15, 0.2) is 30.6 Å². The Morgan fingerprint density at radius 2 is 1.83 bits per heavy atom. The lowest BCUT2D eigenvalue weighted by molar-refractivity contribution is -0.126. The fourth-order valence-corrected chi connectivity index (χ4v) is 8.43. The number of piperazine rings is 1. The summed E-state index contributed by atoms with van der Waals surface area (Å²) in [5.41, 5.74) is 3.94. The predicted octanol–water partition coefficient (Wildman–Crippen LogP) is 4.22. The Hall–Kier alpha value is -3.33. The number of nitriles is 1. The highest BCUT2D eigenvalue weighted by atomic mass is 32.2. The Labute approximate surface area is 275 Å². The third-order valence-corrected chi connectivity index (χ3v) is 11.5. The molecule has 0 amide bonds. The maximum atomic E-state index is 12.9. The van der Waals surface area contributed by atoms with Gasteiger partial charge >= 0.3 is 6.18 Å². The van der Waals surface area contributed by atoms with Crippen molar-refractivity contribution in [1.29, 1.82) is 5.26 Å². The van der Waals surface area contributed by atoms with Crippen LogP contribution in [0.25, 0.3) is 21.1 Å². The molecular formula is C31H38F3N9O2S2. The van der Waals surface area contributed by atoms with Crippen molar-refractivity contribution in [2.24, 2.45) is 5.14 Å². The van der Waals surface area contributed by atoms with E-state index in [-0.39, 0.29) is 17.0 Å². The van der Waals surface area contributed by atoms with Crippen molar-refractivity contribution in [3.05, 3.63) is 52.3 Å². The molecule has 1 unspecified atom stereocenters. The standard InChI is InChI=1S/C31H38F3N9O2S2/c1-20(41-9-11-42(12-10-41)47(36,44)45)17-43-24(16-35)13-26-21(2)22(3-4-28(26)43)18-40-7-5-23(6-8-40)39-29-27-14-25(15-31(32,33)34)46-30(27)38-19-37-29/h3-4,13-14,19-20,23H,5-12,15,17-18H2,1-2H3,(H2,36,44,45)(H,37,38,39). The van der Waals surface area contributed by atoms with Crippen molar-refractivity contribution in [3.8, 4) is 6.07 Å². The van der Waals surface area contributed by atoms with Gasteiger partial charge in [-0.15, -0.1) is 11.3 Å². The Morgan fingerprint density at radius 1 is 1.11 bits per heavy atom. The summed E-state index contributed by atoms with van der Waals surface area (Å²) >= 11 is 1.05.